The number of halogens is 2. The normalized spacial score (nSPS) is 10.2. The van der Waals surface area contributed by atoms with Crippen molar-refractivity contribution < 1.29 is 14.3 Å². The van der Waals surface area contributed by atoms with Crippen LogP contribution in [-0.2, 0) is 0 Å². The fraction of sp³-hybridized carbons (Fsp3) is 0.188. The van der Waals surface area contributed by atoms with Crippen molar-refractivity contribution in [2.24, 2.45) is 0 Å². The number of amides is 1. The average molecular weight is 340 g/mol. The van der Waals surface area contributed by atoms with Crippen molar-refractivity contribution in [3.63, 3.8) is 0 Å². The predicted molar refractivity (Wildman–Crippen MR) is 88.7 cm³/mol. The molecule has 2 rings (SSSR count). The number of carbonyl (C=O) groups is 1. The Morgan fingerprint density at radius 3 is 2.27 bits per heavy atom. The number of aryl methyl sites for hydroxylation is 1. The number of ether oxygens (including phenoxy) is 2. The number of hydrogen-bond acceptors (Lipinski definition) is 3. The van der Waals surface area contributed by atoms with Crippen molar-refractivity contribution in [1.29, 1.82) is 0 Å². The highest BCUT2D eigenvalue weighted by atomic mass is 35.5. The topological polar surface area (TPSA) is 47.6 Å². The summed E-state index contributed by atoms with van der Waals surface area (Å²) in [6.07, 6.45) is 0. The molecule has 0 aliphatic heterocycles. The zero-order valence-electron chi connectivity index (χ0n) is 12.4. The molecule has 0 unspecified atom stereocenters. The van der Waals surface area contributed by atoms with Crippen LogP contribution in [0.2, 0.25) is 10.0 Å². The minimum absolute atomic E-state index is 0.301. The summed E-state index contributed by atoms with van der Waals surface area (Å²) in [6.45, 7) is 1.87. The number of benzene rings is 2. The zero-order chi connectivity index (χ0) is 16.3. The van der Waals surface area contributed by atoms with Gasteiger partial charge in [-0.25, -0.2) is 0 Å². The number of methoxy groups -OCH3 is 2. The van der Waals surface area contributed by atoms with E-state index in [9.17, 15) is 4.79 Å². The molecule has 2 aromatic carbocycles. The summed E-state index contributed by atoms with van der Waals surface area (Å²) in [6, 6.07) is 8.30. The maximum Gasteiger partial charge on any atom is 0.255 e. The van der Waals surface area contributed by atoms with Crippen LogP contribution in [0.25, 0.3) is 0 Å². The molecule has 0 radical (unpaired) electrons. The number of carbonyl (C=O) groups excluding carboxylic acids is 1. The number of nitrogens with one attached hydrogen (secondary N) is 1. The highest BCUT2D eigenvalue weighted by Crippen LogP contribution is 2.36. The molecule has 22 heavy (non-hydrogen) atoms. The van der Waals surface area contributed by atoms with Crippen LogP contribution < -0.4 is 14.8 Å². The second-order valence-electron chi connectivity index (χ2n) is 4.61. The van der Waals surface area contributed by atoms with E-state index in [1.54, 1.807) is 30.3 Å². The maximum atomic E-state index is 12.3. The summed E-state index contributed by atoms with van der Waals surface area (Å²) in [7, 11) is 3.00. The quantitative estimate of drug-likeness (QED) is 0.887. The van der Waals surface area contributed by atoms with E-state index in [-0.39, 0.29) is 5.91 Å². The van der Waals surface area contributed by atoms with Gasteiger partial charge in [0.25, 0.3) is 5.91 Å². The molecular weight excluding hydrogens is 325 g/mol. The van der Waals surface area contributed by atoms with Gasteiger partial charge in [0.1, 0.15) is 11.5 Å². The monoisotopic (exact) mass is 339 g/mol. The van der Waals surface area contributed by atoms with Gasteiger partial charge in [0.05, 0.1) is 24.9 Å². The first-order valence-corrected chi connectivity index (χ1v) is 7.21. The lowest BCUT2D eigenvalue weighted by molar-refractivity contribution is 0.102. The molecule has 0 fully saturated rings. The SMILES string of the molecule is COc1cc(NC(=O)c2ccc(C)c(Cl)c2)c(OC)cc1Cl. The van der Waals surface area contributed by atoms with E-state index in [4.69, 9.17) is 32.7 Å². The molecule has 0 aliphatic carbocycles. The van der Waals surface area contributed by atoms with Crippen molar-refractivity contribution in [3.05, 3.63) is 51.5 Å². The zero-order valence-corrected chi connectivity index (χ0v) is 13.9. The Bertz CT molecular complexity index is 717. The lowest BCUT2D eigenvalue weighted by atomic mass is 10.1. The van der Waals surface area contributed by atoms with E-state index in [1.807, 2.05) is 6.92 Å². The summed E-state index contributed by atoms with van der Waals surface area (Å²) in [4.78, 5) is 12.3. The Morgan fingerprint density at radius 2 is 1.68 bits per heavy atom. The van der Waals surface area contributed by atoms with Crippen molar-refractivity contribution in [2.75, 3.05) is 19.5 Å². The first-order valence-electron chi connectivity index (χ1n) is 6.45. The van der Waals surface area contributed by atoms with Crippen molar-refractivity contribution in [3.8, 4) is 11.5 Å². The standard InChI is InChI=1S/C16H15Cl2NO3/c1-9-4-5-10(6-11(9)17)16(20)19-13-8-14(21-2)12(18)7-15(13)22-3/h4-8H,1-3H3,(H,19,20). The van der Waals surface area contributed by atoms with Crippen LogP contribution in [0.15, 0.2) is 30.3 Å². The average Bonchev–Trinajstić information content (AvgIpc) is 2.51. The molecular formula is C16H15Cl2NO3. The Hall–Kier alpha value is -1.91. The van der Waals surface area contributed by atoms with E-state index in [2.05, 4.69) is 5.32 Å². The molecule has 0 aromatic heterocycles. The van der Waals surface area contributed by atoms with Crippen LogP contribution in [0.3, 0.4) is 0 Å². The van der Waals surface area contributed by atoms with E-state index >= 15 is 0 Å². The maximum absolute atomic E-state index is 12.3. The largest absolute Gasteiger partial charge is 0.495 e. The van der Waals surface area contributed by atoms with Crippen LogP contribution in [0.4, 0.5) is 5.69 Å². The van der Waals surface area contributed by atoms with Gasteiger partial charge in [-0.05, 0) is 24.6 Å². The van der Waals surface area contributed by atoms with Gasteiger partial charge in [-0.2, -0.15) is 0 Å². The van der Waals surface area contributed by atoms with Crippen LogP contribution >= 0.6 is 23.2 Å². The molecule has 2 aromatic rings. The Morgan fingerprint density at radius 1 is 1.00 bits per heavy atom. The van der Waals surface area contributed by atoms with Gasteiger partial charge in [-0.1, -0.05) is 29.3 Å². The highest BCUT2D eigenvalue weighted by molar-refractivity contribution is 6.32. The molecule has 6 heteroatoms. The lowest BCUT2D eigenvalue weighted by Crippen LogP contribution is -2.13. The molecule has 0 heterocycles. The third kappa shape index (κ3) is 3.46. The lowest BCUT2D eigenvalue weighted by Gasteiger charge is -2.13. The van der Waals surface area contributed by atoms with E-state index in [0.717, 1.165) is 5.56 Å². The van der Waals surface area contributed by atoms with Crippen LogP contribution in [-0.4, -0.2) is 20.1 Å². The van der Waals surface area contributed by atoms with Gasteiger partial charge in [0.2, 0.25) is 0 Å². The summed E-state index contributed by atoms with van der Waals surface area (Å²) in [5.74, 6) is 0.585. The Kier molecular flexibility index (Phi) is 5.16. The molecule has 0 saturated carbocycles. The van der Waals surface area contributed by atoms with Crippen molar-refractivity contribution in [2.45, 2.75) is 6.92 Å². The third-order valence-electron chi connectivity index (χ3n) is 3.16. The Balaban J connectivity index is 2.32. The molecule has 0 bridgehead atoms. The highest BCUT2D eigenvalue weighted by Gasteiger charge is 2.14. The summed E-state index contributed by atoms with van der Waals surface area (Å²) < 4.78 is 10.4. The fourth-order valence-electron chi connectivity index (χ4n) is 1.89. The second kappa shape index (κ2) is 6.90. The van der Waals surface area contributed by atoms with Gasteiger partial charge in [0.15, 0.2) is 0 Å². The first-order chi connectivity index (χ1) is 10.5. The minimum Gasteiger partial charge on any atom is -0.495 e. The molecule has 1 N–H and O–H groups in total. The first kappa shape index (κ1) is 16.5. The molecule has 4 nitrogen and oxygen atoms in total. The molecule has 0 spiro atoms. The van der Waals surface area contributed by atoms with E-state index in [0.29, 0.717) is 32.8 Å². The Labute approximate surface area is 138 Å². The van der Waals surface area contributed by atoms with Gasteiger partial charge in [-0.3, -0.25) is 4.79 Å². The number of hydrogen-bond donors (Lipinski definition) is 1. The summed E-state index contributed by atoms with van der Waals surface area (Å²) in [5.41, 5.74) is 1.82. The molecule has 0 saturated heterocycles. The molecule has 0 atom stereocenters. The van der Waals surface area contributed by atoms with E-state index < -0.39 is 0 Å². The van der Waals surface area contributed by atoms with Gasteiger partial charge in [0, 0.05) is 22.7 Å². The van der Waals surface area contributed by atoms with Crippen molar-refractivity contribution in [1.82, 2.24) is 0 Å². The number of rotatable bonds is 4. The fourth-order valence-corrected chi connectivity index (χ4v) is 2.30. The summed E-state index contributed by atoms with van der Waals surface area (Å²) >= 11 is 12.1. The predicted octanol–water partition coefficient (Wildman–Crippen LogP) is 4.57. The van der Waals surface area contributed by atoms with Crippen LogP contribution in [0, 0.1) is 6.92 Å². The third-order valence-corrected chi connectivity index (χ3v) is 3.86. The van der Waals surface area contributed by atoms with Gasteiger partial charge < -0.3 is 14.8 Å². The smallest absolute Gasteiger partial charge is 0.255 e. The second-order valence-corrected chi connectivity index (χ2v) is 5.42. The summed E-state index contributed by atoms with van der Waals surface area (Å²) in [5, 5.41) is 3.70. The van der Waals surface area contributed by atoms with E-state index in [1.165, 1.54) is 14.2 Å². The van der Waals surface area contributed by atoms with Crippen LogP contribution in [0.5, 0.6) is 11.5 Å². The van der Waals surface area contributed by atoms with Gasteiger partial charge >= 0.3 is 0 Å². The molecule has 0 aliphatic rings. The van der Waals surface area contributed by atoms with Gasteiger partial charge in [-0.15, -0.1) is 0 Å². The molecule has 116 valence electrons. The number of anilines is 1. The van der Waals surface area contributed by atoms with Crippen molar-refractivity contribution >= 4 is 34.8 Å². The minimum atomic E-state index is -0.301. The van der Waals surface area contributed by atoms with Crippen LogP contribution in [0.1, 0.15) is 15.9 Å². The molecule has 1 amide bonds.